The topological polar surface area (TPSA) is 89.9 Å². The molecule has 0 aliphatic heterocycles. The Bertz CT molecular complexity index is 334. The van der Waals surface area contributed by atoms with E-state index in [2.05, 4.69) is 43.0 Å². The zero-order valence-electron chi connectivity index (χ0n) is 12.8. The number of hydrogen-bond donors (Lipinski definition) is 1. The van der Waals surface area contributed by atoms with Crippen LogP contribution in [0.5, 0.6) is 0 Å². The third-order valence-electron chi connectivity index (χ3n) is 1.72. The van der Waals surface area contributed by atoms with Gasteiger partial charge in [0.1, 0.15) is 0 Å². The molecule has 1 N–H and O–H groups in total. The van der Waals surface area contributed by atoms with Crippen LogP contribution in [-0.4, -0.2) is 65.9 Å². The Balaban J connectivity index is -0.000000203. The minimum Gasteiger partial charge on any atom is -0.478 e. The highest BCUT2D eigenvalue weighted by atomic mass is 32.3. The first-order chi connectivity index (χ1) is 8.32. The van der Waals surface area contributed by atoms with Crippen molar-refractivity contribution in [1.82, 2.24) is 0 Å². The van der Waals surface area contributed by atoms with Gasteiger partial charge in [-0.3, -0.25) is 8.37 Å². The largest absolute Gasteiger partial charge is 0.478 e. The molecule has 0 amide bonds. The highest BCUT2D eigenvalue weighted by molar-refractivity contribution is 7.81. The Hall–Kier alpha value is -0.960. The molecule has 0 bridgehead atoms. The van der Waals surface area contributed by atoms with Crippen LogP contribution in [0.15, 0.2) is 12.2 Å². The van der Waals surface area contributed by atoms with E-state index in [1.165, 1.54) is 13.5 Å². The van der Waals surface area contributed by atoms with Crippen LogP contribution in [0.4, 0.5) is 0 Å². The maximum absolute atomic E-state index is 9.92. The Morgan fingerprint density at radius 3 is 1.42 bits per heavy atom. The van der Waals surface area contributed by atoms with Crippen molar-refractivity contribution in [3.63, 3.8) is 0 Å². The molecule has 0 unspecified atom stereocenters. The Labute approximate surface area is 116 Å². The molecular weight excluding hydrogens is 274 g/mol. The predicted octanol–water partition coefficient (Wildman–Crippen LogP) is 0.884. The molecule has 19 heavy (non-hydrogen) atoms. The van der Waals surface area contributed by atoms with Crippen LogP contribution in [-0.2, 0) is 23.6 Å². The van der Waals surface area contributed by atoms with E-state index in [1.54, 1.807) is 0 Å². The maximum Gasteiger partial charge on any atom is 0.399 e. The van der Waals surface area contributed by atoms with Gasteiger partial charge in [-0.15, -0.1) is 0 Å². The van der Waals surface area contributed by atoms with Crippen molar-refractivity contribution < 1.29 is 31.2 Å². The molecule has 0 aliphatic carbocycles. The van der Waals surface area contributed by atoms with E-state index in [0.29, 0.717) is 0 Å². The molecule has 8 heteroatoms. The Morgan fingerprint density at radius 2 is 1.42 bits per heavy atom. The van der Waals surface area contributed by atoms with Crippen molar-refractivity contribution in [2.24, 2.45) is 0 Å². The number of carboxylic acid groups (broad SMARTS) is 1. The maximum atomic E-state index is 9.92. The molecule has 0 fully saturated rings. The zero-order chi connectivity index (χ0) is 16.3. The lowest BCUT2D eigenvalue weighted by molar-refractivity contribution is -0.868. The summed E-state index contributed by atoms with van der Waals surface area (Å²) in [5.74, 6) is -0.935. The summed E-state index contributed by atoms with van der Waals surface area (Å²) >= 11 is 0. The van der Waals surface area contributed by atoms with Crippen molar-refractivity contribution >= 4 is 16.4 Å². The minimum absolute atomic E-state index is 0.176. The molecule has 0 saturated carbocycles. The van der Waals surface area contributed by atoms with Crippen molar-refractivity contribution in [2.75, 3.05) is 41.9 Å². The third kappa shape index (κ3) is 26.6. The van der Waals surface area contributed by atoms with Crippen molar-refractivity contribution in [3.8, 4) is 0 Å². The van der Waals surface area contributed by atoms with E-state index >= 15 is 0 Å². The second kappa shape index (κ2) is 10.9. The van der Waals surface area contributed by atoms with Crippen LogP contribution in [0.2, 0.25) is 0 Å². The molecule has 116 valence electrons. The summed E-state index contributed by atoms with van der Waals surface area (Å²) in [4.78, 5) is 9.60. The van der Waals surface area contributed by atoms with Gasteiger partial charge in [-0.05, 0) is 13.8 Å². The van der Waals surface area contributed by atoms with Gasteiger partial charge in [0.15, 0.2) is 0 Å². The molecule has 0 aliphatic rings. The summed E-state index contributed by atoms with van der Waals surface area (Å²) in [5.41, 5.74) is 0.176. The SMILES string of the molecule is C=C(C)C(=O)O.CC[N+](C)(C)C.COS(=O)(=O)OC. The van der Waals surface area contributed by atoms with Crippen LogP contribution >= 0.6 is 0 Å². The zero-order valence-corrected chi connectivity index (χ0v) is 13.6. The van der Waals surface area contributed by atoms with Gasteiger partial charge in [-0.1, -0.05) is 6.58 Å². The first-order valence-electron chi connectivity index (χ1n) is 5.38. The molecule has 0 aromatic rings. The average Bonchev–Trinajstić information content (AvgIpc) is 2.29. The Morgan fingerprint density at radius 1 is 1.21 bits per heavy atom. The van der Waals surface area contributed by atoms with Gasteiger partial charge >= 0.3 is 16.4 Å². The molecule has 0 saturated heterocycles. The second-order valence-electron chi connectivity index (χ2n) is 4.43. The quantitative estimate of drug-likeness (QED) is 0.612. The lowest BCUT2D eigenvalue weighted by Crippen LogP contribution is -2.33. The van der Waals surface area contributed by atoms with Crippen LogP contribution in [0.3, 0.4) is 0 Å². The molecule has 0 heterocycles. The molecule has 0 aromatic heterocycles. The summed E-state index contributed by atoms with van der Waals surface area (Å²) in [6.07, 6.45) is 0. The molecular formula is C11H26NO6S+. The van der Waals surface area contributed by atoms with E-state index in [4.69, 9.17) is 5.11 Å². The van der Waals surface area contributed by atoms with E-state index in [1.807, 2.05) is 0 Å². The van der Waals surface area contributed by atoms with Gasteiger partial charge in [-0.2, -0.15) is 8.42 Å². The first kappa shape index (κ1) is 23.2. The number of rotatable bonds is 4. The van der Waals surface area contributed by atoms with E-state index in [9.17, 15) is 13.2 Å². The van der Waals surface area contributed by atoms with Crippen LogP contribution < -0.4 is 0 Å². The smallest absolute Gasteiger partial charge is 0.399 e. The van der Waals surface area contributed by atoms with E-state index < -0.39 is 16.4 Å². The molecule has 0 atom stereocenters. The number of carboxylic acids is 1. The number of carbonyl (C=O) groups is 1. The molecule has 0 radical (unpaired) electrons. The summed E-state index contributed by atoms with van der Waals surface area (Å²) in [6, 6.07) is 0. The van der Waals surface area contributed by atoms with Gasteiger partial charge in [0, 0.05) is 5.57 Å². The molecule has 0 aromatic carbocycles. The van der Waals surface area contributed by atoms with E-state index in [0.717, 1.165) is 18.7 Å². The van der Waals surface area contributed by atoms with Crippen LogP contribution in [0.25, 0.3) is 0 Å². The monoisotopic (exact) mass is 300 g/mol. The van der Waals surface area contributed by atoms with Crippen LogP contribution in [0.1, 0.15) is 13.8 Å². The second-order valence-corrected chi connectivity index (χ2v) is 5.92. The standard InChI is InChI=1S/C5H14N.C4H6O2.C2H6O4S/c1-5-6(2,3)4;1-3(2)4(5)6;1-5-7(3,4)6-2/h5H2,1-4H3;1H2,2H3,(H,5,6);1-2H3/q+1;;. The lowest BCUT2D eigenvalue weighted by atomic mass is 10.4. The van der Waals surface area contributed by atoms with E-state index in [-0.39, 0.29) is 5.57 Å². The van der Waals surface area contributed by atoms with Gasteiger partial charge < -0.3 is 9.59 Å². The highest BCUT2D eigenvalue weighted by Crippen LogP contribution is 1.86. The fourth-order valence-electron chi connectivity index (χ4n) is 0.0680. The average molecular weight is 300 g/mol. The lowest BCUT2D eigenvalue weighted by Gasteiger charge is -2.20. The minimum atomic E-state index is -3.66. The summed E-state index contributed by atoms with van der Waals surface area (Å²) in [5, 5.41) is 7.89. The Kier molecular flexibility index (Phi) is 13.3. The van der Waals surface area contributed by atoms with Crippen LogP contribution in [0, 0.1) is 0 Å². The van der Waals surface area contributed by atoms with Crippen molar-refractivity contribution in [3.05, 3.63) is 12.2 Å². The van der Waals surface area contributed by atoms with Gasteiger partial charge in [-0.25, -0.2) is 4.79 Å². The van der Waals surface area contributed by atoms with Gasteiger partial charge in [0.2, 0.25) is 0 Å². The third-order valence-corrected chi connectivity index (χ3v) is 2.54. The predicted molar refractivity (Wildman–Crippen MR) is 74.0 cm³/mol. The summed E-state index contributed by atoms with van der Waals surface area (Å²) in [7, 11) is 4.94. The first-order valence-corrected chi connectivity index (χ1v) is 6.71. The highest BCUT2D eigenvalue weighted by Gasteiger charge is 2.01. The normalized spacial score (nSPS) is 10.5. The summed E-state index contributed by atoms with van der Waals surface area (Å²) < 4.78 is 28.6. The molecule has 0 spiro atoms. The number of nitrogens with zero attached hydrogens (tertiary/aromatic N) is 1. The van der Waals surface area contributed by atoms with Crippen molar-refractivity contribution in [2.45, 2.75) is 13.8 Å². The number of quaternary nitrogens is 1. The fraction of sp³-hybridized carbons (Fsp3) is 0.727. The summed E-state index contributed by atoms with van der Waals surface area (Å²) in [6.45, 7) is 7.99. The van der Waals surface area contributed by atoms with Crippen molar-refractivity contribution in [1.29, 1.82) is 0 Å². The van der Waals surface area contributed by atoms with Gasteiger partial charge in [0.25, 0.3) is 0 Å². The number of hydrogen-bond acceptors (Lipinski definition) is 5. The van der Waals surface area contributed by atoms with Gasteiger partial charge in [0.05, 0.1) is 41.9 Å². The number of aliphatic carboxylic acids is 1. The fourth-order valence-corrected chi connectivity index (χ4v) is 0.204. The molecule has 0 rings (SSSR count). The molecule has 7 nitrogen and oxygen atoms in total.